The molecule has 0 aromatic heterocycles. The van der Waals surface area contributed by atoms with Crippen molar-refractivity contribution >= 4 is 5.91 Å². The number of ether oxygens (including phenoxy) is 1. The molecule has 0 atom stereocenters. The third-order valence-corrected chi connectivity index (χ3v) is 3.99. The van der Waals surface area contributed by atoms with E-state index in [9.17, 15) is 9.90 Å². The second-order valence-corrected chi connectivity index (χ2v) is 6.52. The summed E-state index contributed by atoms with van der Waals surface area (Å²) in [6, 6.07) is 16.8. The first kappa shape index (κ1) is 18.0. The number of benzene rings is 2. The summed E-state index contributed by atoms with van der Waals surface area (Å²) >= 11 is 0. The maximum Gasteiger partial charge on any atom is 0.226 e. The van der Waals surface area contributed by atoms with Gasteiger partial charge < -0.3 is 15.2 Å². The summed E-state index contributed by atoms with van der Waals surface area (Å²) in [6.07, 6.45) is 0.645. The smallest absolute Gasteiger partial charge is 0.226 e. The maximum absolute atomic E-state index is 12.3. The number of phenols is 1. The van der Waals surface area contributed by atoms with Crippen LogP contribution in [0, 0.1) is 5.41 Å². The van der Waals surface area contributed by atoms with Crippen LogP contribution in [0.4, 0.5) is 0 Å². The number of aromatic hydroxyl groups is 1. The van der Waals surface area contributed by atoms with E-state index in [0.717, 1.165) is 11.1 Å². The summed E-state index contributed by atoms with van der Waals surface area (Å²) in [7, 11) is 0. The molecule has 0 fully saturated rings. The molecule has 2 rings (SSSR count). The largest absolute Gasteiger partial charge is 0.508 e. The monoisotopic (exact) mass is 327 g/mol. The highest BCUT2D eigenvalue weighted by Crippen LogP contribution is 2.21. The lowest BCUT2D eigenvalue weighted by Gasteiger charge is -2.23. The fourth-order valence-electron chi connectivity index (χ4n) is 2.24. The maximum atomic E-state index is 12.3. The lowest BCUT2D eigenvalue weighted by atomic mass is 9.88. The molecule has 0 heterocycles. The first-order valence-electron chi connectivity index (χ1n) is 8.15. The molecule has 128 valence electrons. The molecular weight excluding hydrogens is 302 g/mol. The third-order valence-electron chi connectivity index (χ3n) is 3.99. The Morgan fingerprint density at radius 1 is 1.04 bits per heavy atom. The Bertz CT molecular complexity index is 636. The molecule has 0 aliphatic heterocycles. The first-order chi connectivity index (χ1) is 11.5. The average molecular weight is 327 g/mol. The van der Waals surface area contributed by atoms with Crippen molar-refractivity contribution in [3.05, 3.63) is 65.7 Å². The number of hydrogen-bond acceptors (Lipinski definition) is 3. The summed E-state index contributed by atoms with van der Waals surface area (Å²) in [4.78, 5) is 12.3. The summed E-state index contributed by atoms with van der Waals surface area (Å²) in [5, 5.41) is 12.2. The number of amides is 1. The van der Waals surface area contributed by atoms with Gasteiger partial charge in [-0.1, -0.05) is 56.3 Å². The molecular formula is C20H25NO3. The van der Waals surface area contributed by atoms with Crippen LogP contribution in [0.2, 0.25) is 0 Å². The molecule has 0 saturated heterocycles. The second kappa shape index (κ2) is 8.50. The van der Waals surface area contributed by atoms with Gasteiger partial charge in [0.25, 0.3) is 0 Å². The molecule has 0 saturated carbocycles. The van der Waals surface area contributed by atoms with Gasteiger partial charge in [0.2, 0.25) is 5.91 Å². The second-order valence-electron chi connectivity index (χ2n) is 6.52. The summed E-state index contributed by atoms with van der Waals surface area (Å²) in [5.74, 6) is 0.273. The van der Waals surface area contributed by atoms with Gasteiger partial charge in [-0.3, -0.25) is 4.79 Å². The van der Waals surface area contributed by atoms with Crippen LogP contribution >= 0.6 is 0 Å². The molecule has 0 aliphatic carbocycles. The van der Waals surface area contributed by atoms with E-state index >= 15 is 0 Å². The van der Waals surface area contributed by atoms with E-state index in [1.54, 1.807) is 12.1 Å². The highest BCUT2D eigenvalue weighted by atomic mass is 16.5. The zero-order chi connectivity index (χ0) is 17.4. The molecule has 4 nitrogen and oxygen atoms in total. The predicted octanol–water partition coefficient (Wildman–Crippen LogP) is 3.64. The van der Waals surface area contributed by atoms with Crippen LogP contribution in [-0.2, 0) is 22.7 Å². The molecule has 24 heavy (non-hydrogen) atoms. The molecule has 2 aromatic carbocycles. The minimum Gasteiger partial charge on any atom is -0.508 e. The number of carbonyl (C=O) groups is 1. The number of nitrogens with one attached hydrogen (secondary N) is 1. The van der Waals surface area contributed by atoms with E-state index in [1.807, 2.05) is 56.3 Å². The van der Waals surface area contributed by atoms with Crippen molar-refractivity contribution < 1.29 is 14.6 Å². The summed E-state index contributed by atoms with van der Waals surface area (Å²) in [6.45, 7) is 5.38. The Balaban J connectivity index is 1.71. The van der Waals surface area contributed by atoms with Crippen molar-refractivity contribution in [3.63, 3.8) is 0 Å². The Hall–Kier alpha value is -2.33. The lowest BCUT2D eigenvalue weighted by molar-refractivity contribution is -0.130. The molecule has 2 N–H and O–H groups in total. The van der Waals surface area contributed by atoms with E-state index in [4.69, 9.17) is 4.74 Å². The number of rotatable bonds is 8. The van der Waals surface area contributed by atoms with Crippen molar-refractivity contribution in [1.29, 1.82) is 0 Å². The number of phenolic OH excluding ortho intramolecular Hbond substituents is 1. The zero-order valence-electron chi connectivity index (χ0n) is 14.3. The third kappa shape index (κ3) is 5.70. The molecule has 0 spiro atoms. The van der Waals surface area contributed by atoms with Gasteiger partial charge in [-0.15, -0.1) is 0 Å². The van der Waals surface area contributed by atoms with Gasteiger partial charge in [0, 0.05) is 18.6 Å². The van der Waals surface area contributed by atoms with Crippen LogP contribution in [0.3, 0.4) is 0 Å². The van der Waals surface area contributed by atoms with Crippen molar-refractivity contribution in [1.82, 2.24) is 5.32 Å². The number of hydrogen-bond donors (Lipinski definition) is 2. The predicted molar refractivity (Wildman–Crippen MR) is 94.4 cm³/mol. The fraction of sp³-hybridized carbons (Fsp3) is 0.350. The minimum absolute atomic E-state index is 0.0274. The molecule has 0 bridgehead atoms. The Morgan fingerprint density at radius 3 is 2.38 bits per heavy atom. The first-order valence-corrected chi connectivity index (χ1v) is 8.15. The van der Waals surface area contributed by atoms with Crippen molar-refractivity contribution in [2.24, 2.45) is 5.41 Å². The quantitative estimate of drug-likeness (QED) is 0.728. The van der Waals surface area contributed by atoms with E-state index in [2.05, 4.69) is 5.32 Å². The average Bonchev–Trinajstić information content (AvgIpc) is 2.59. The van der Waals surface area contributed by atoms with Gasteiger partial charge in [0.05, 0.1) is 6.61 Å². The van der Waals surface area contributed by atoms with Crippen molar-refractivity contribution in [3.8, 4) is 5.75 Å². The molecule has 0 radical (unpaired) electrons. The molecule has 4 heteroatoms. The van der Waals surface area contributed by atoms with E-state index in [1.165, 1.54) is 0 Å². The van der Waals surface area contributed by atoms with Crippen LogP contribution in [0.25, 0.3) is 0 Å². The van der Waals surface area contributed by atoms with Crippen LogP contribution in [0.5, 0.6) is 5.75 Å². The van der Waals surface area contributed by atoms with Gasteiger partial charge in [-0.05, 0) is 29.7 Å². The van der Waals surface area contributed by atoms with Gasteiger partial charge in [-0.25, -0.2) is 0 Å². The Morgan fingerprint density at radius 2 is 1.71 bits per heavy atom. The molecule has 1 amide bonds. The number of carbonyl (C=O) groups excluding carboxylic acids is 1. The topological polar surface area (TPSA) is 58.6 Å². The fourth-order valence-corrected chi connectivity index (χ4v) is 2.24. The zero-order valence-corrected chi connectivity index (χ0v) is 14.3. The van der Waals surface area contributed by atoms with Gasteiger partial charge >= 0.3 is 0 Å². The van der Waals surface area contributed by atoms with E-state index < -0.39 is 5.41 Å². The molecule has 2 aromatic rings. The normalized spacial score (nSPS) is 11.2. The van der Waals surface area contributed by atoms with Crippen molar-refractivity contribution in [2.45, 2.75) is 33.4 Å². The van der Waals surface area contributed by atoms with Crippen LogP contribution in [0.15, 0.2) is 54.6 Å². The lowest BCUT2D eigenvalue weighted by Crippen LogP contribution is -2.37. The van der Waals surface area contributed by atoms with E-state index in [-0.39, 0.29) is 11.7 Å². The molecule has 0 unspecified atom stereocenters. The molecule has 0 aliphatic rings. The Kier molecular flexibility index (Phi) is 6.38. The van der Waals surface area contributed by atoms with Gasteiger partial charge in [0.15, 0.2) is 0 Å². The van der Waals surface area contributed by atoms with Crippen LogP contribution in [-0.4, -0.2) is 17.6 Å². The standard InChI is InChI=1S/C20H25NO3/c1-20(2,19(23)21-14-16-6-4-3-5-7-16)12-13-24-15-17-8-10-18(22)11-9-17/h3-11,22H,12-15H2,1-2H3,(H,21,23). The van der Waals surface area contributed by atoms with Gasteiger partial charge in [-0.2, -0.15) is 0 Å². The summed E-state index contributed by atoms with van der Waals surface area (Å²) < 4.78 is 5.65. The minimum atomic E-state index is -0.482. The van der Waals surface area contributed by atoms with Gasteiger partial charge in [0.1, 0.15) is 5.75 Å². The van der Waals surface area contributed by atoms with Crippen molar-refractivity contribution in [2.75, 3.05) is 6.61 Å². The van der Waals surface area contributed by atoms with E-state index in [0.29, 0.717) is 26.2 Å². The Labute approximate surface area is 143 Å². The highest BCUT2D eigenvalue weighted by Gasteiger charge is 2.26. The van der Waals surface area contributed by atoms with Crippen LogP contribution < -0.4 is 5.32 Å². The SMILES string of the molecule is CC(C)(CCOCc1ccc(O)cc1)C(=O)NCc1ccccc1. The highest BCUT2D eigenvalue weighted by molar-refractivity contribution is 5.81. The van der Waals surface area contributed by atoms with Crippen LogP contribution in [0.1, 0.15) is 31.4 Å². The summed E-state index contributed by atoms with van der Waals surface area (Å²) in [5.41, 5.74) is 1.60.